The van der Waals surface area contributed by atoms with Crippen LogP contribution in [0.4, 0.5) is 0 Å². The maximum Gasteiger partial charge on any atom is 0.00104 e. The van der Waals surface area contributed by atoms with Crippen LogP contribution in [0.3, 0.4) is 0 Å². The predicted octanol–water partition coefficient (Wildman–Crippen LogP) is 3.72. The zero-order chi connectivity index (χ0) is 11.2. The topological polar surface area (TPSA) is 26.0 Å². The molecule has 4 rings (SSSR count). The molecule has 0 unspecified atom stereocenters. The average Bonchev–Trinajstić information content (AvgIpc) is 2.13. The van der Waals surface area contributed by atoms with Gasteiger partial charge in [0.2, 0.25) is 0 Å². The van der Waals surface area contributed by atoms with Crippen LogP contribution in [0.5, 0.6) is 0 Å². The minimum Gasteiger partial charge on any atom is -0.328 e. The third kappa shape index (κ3) is 2.03. The molecule has 0 amide bonds. The van der Waals surface area contributed by atoms with E-state index >= 15 is 0 Å². The van der Waals surface area contributed by atoms with E-state index in [2.05, 4.69) is 6.92 Å². The highest BCUT2D eigenvalue weighted by atomic mass is 14.6. The summed E-state index contributed by atoms with van der Waals surface area (Å²) in [6.07, 6.45) is 13.5. The molecule has 1 atom stereocenters. The Hall–Kier alpha value is -0.0400. The normalized spacial score (nSPS) is 47.2. The quantitative estimate of drug-likeness (QED) is 0.769. The first-order valence-corrected chi connectivity index (χ1v) is 7.41. The van der Waals surface area contributed by atoms with Gasteiger partial charge in [0.1, 0.15) is 0 Å². The summed E-state index contributed by atoms with van der Waals surface area (Å²) in [5.41, 5.74) is 6.65. The molecule has 0 aromatic rings. The van der Waals surface area contributed by atoms with Gasteiger partial charge in [0, 0.05) is 6.04 Å². The van der Waals surface area contributed by atoms with Crippen molar-refractivity contribution in [3.63, 3.8) is 0 Å². The van der Waals surface area contributed by atoms with Gasteiger partial charge in [0.25, 0.3) is 0 Å². The molecule has 1 nitrogen and oxygen atoms in total. The molecule has 4 saturated carbocycles. The average molecular weight is 221 g/mol. The molecule has 0 spiro atoms. The SMILES string of the molecule is C[C@@H](N)CCCC12CC3CC(CC(C3)C1)C2. The largest absolute Gasteiger partial charge is 0.328 e. The second-order valence-corrected chi connectivity index (χ2v) is 7.29. The van der Waals surface area contributed by atoms with Crippen LogP contribution < -0.4 is 5.73 Å². The molecule has 1 heteroatoms. The third-order valence-electron chi connectivity index (χ3n) is 5.53. The van der Waals surface area contributed by atoms with E-state index in [0.29, 0.717) is 6.04 Å². The third-order valence-corrected chi connectivity index (χ3v) is 5.53. The standard InChI is InChI=1S/C15H27N/c1-11(16)3-2-4-15-8-12-5-13(9-15)7-14(6-12)10-15/h11-14H,2-10,16H2,1H3/t11-,12?,13?,14?,15?/m1/s1. The van der Waals surface area contributed by atoms with Crippen molar-refractivity contribution in [3.8, 4) is 0 Å². The maximum absolute atomic E-state index is 5.87. The van der Waals surface area contributed by atoms with Crippen molar-refractivity contribution in [1.29, 1.82) is 0 Å². The Morgan fingerprint density at radius 1 is 1.06 bits per heavy atom. The zero-order valence-corrected chi connectivity index (χ0v) is 10.8. The van der Waals surface area contributed by atoms with Crippen molar-refractivity contribution in [1.82, 2.24) is 0 Å². The lowest BCUT2D eigenvalue weighted by Crippen LogP contribution is -2.46. The first-order valence-electron chi connectivity index (χ1n) is 7.41. The fourth-order valence-electron chi connectivity index (χ4n) is 5.40. The molecule has 0 aliphatic heterocycles. The molecule has 4 fully saturated rings. The minimum atomic E-state index is 0.411. The lowest BCUT2D eigenvalue weighted by atomic mass is 9.48. The van der Waals surface area contributed by atoms with Crippen LogP contribution in [0.25, 0.3) is 0 Å². The smallest absolute Gasteiger partial charge is 0.00104 e. The zero-order valence-electron chi connectivity index (χ0n) is 10.8. The summed E-state index contributed by atoms with van der Waals surface area (Å²) in [6, 6.07) is 0.411. The number of rotatable bonds is 4. The molecule has 4 aliphatic carbocycles. The van der Waals surface area contributed by atoms with Crippen molar-refractivity contribution < 1.29 is 0 Å². The van der Waals surface area contributed by atoms with E-state index < -0.39 is 0 Å². The molecule has 0 radical (unpaired) electrons. The molecule has 92 valence electrons. The van der Waals surface area contributed by atoms with E-state index in [9.17, 15) is 0 Å². The van der Waals surface area contributed by atoms with Crippen molar-refractivity contribution in [2.75, 3.05) is 0 Å². The summed E-state index contributed by atoms with van der Waals surface area (Å²) in [4.78, 5) is 0. The van der Waals surface area contributed by atoms with Crippen LogP contribution >= 0.6 is 0 Å². The van der Waals surface area contributed by atoms with E-state index in [1.165, 1.54) is 19.3 Å². The Balaban J connectivity index is 1.60. The van der Waals surface area contributed by atoms with E-state index in [0.717, 1.165) is 23.2 Å². The second kappa shape index (κ2) is 4.01. The molecule has 0 aromatic carbocycles. The molecular formula is C15H27N. The number of nitrogens with two attached hydrogens (primary N) is 1. The highest BCUT2D eigenvalue weighted by molar-refractivity contribution is 5.01. The Morgan fingerprint density at radius 2 is 1.56 bits per heavy atom. The molecule has 4 aliphatic rings. The minimum absolute atomic E-state index is 0.411. The maximum atomic E-state index is 5.87. The lowest BCUT2D eigenvalue weighted by Gasteiger charge is -2.57. The van der Waals surface area contributed by atoms with E-state index in [1.807, 2.05) is 0 Å². The Morgan fingerprint density at radius 3 is 2.00 bits per heavy atom. The predicted molar refractivity (Wildman–Crippen MR) is 68.1 cm³/mol. The van der Waals surface area contributed by atoms with Crippen LogP contribution in [0.1, 0.15) is 64.7 Å². The van der Waals surface area contributed by atoms with Crippen LogP contribution in [0.2, 0.25) is 0 Å². The summed E-state index contributed by atoms with van der Waals surface area (Å²) in [5, 5.41) is 0. The van der Waals surface area contributed by atoms with Gasteiger partial charge in [-0.05, 0) is 81.5 Å². The Kier molecular flexibility index (Phi) is 2.78. The molecule has 0 heterocycles. The van der Waals surface area contributed by atoms with Crippen molar-refractivity contribution in [2.45, 2.75) is 70.8 Å². The van der Waals surface area contributed by atoms with Gasteiger partial charge in [-0.25, -0.2) is 0 Å². The first-order chi connectivity index (χ1) is 7.65. The van der Waals surface area contributed by atoms with Crippen molar-refractivity contribution in [2.24, 2.45) is 28.9 Å². The fraction of sp³-hybridized carbons (Fsp3) is 1.00. The van der Waals surface area contributed by atoms with E-state index in [-0.39, 0.29) is 0 Å². The van der Waals surface area contributed by atoms with Gasteiger partial charge >= 0.3 is 0 Å². The molecule has 4 bridgehead atoms. The Labute approximate surface area is 100 Å². The van der Waals surface area contributed by atoms with Gasteiger partial charge in [0.15, 0.2) is 0 Å². The van der Waals surface area contributed by atoms with Gasteiger partial charge in [-0.15, -0.1) is 0 Å². The fourth-order valence-corrected chi connectivity index (χ4v) is 5.40. The van der Waals surface area contributed by atoms with Gasteiger partial charge in [-0.3, -0.25) is 0 Å². The molecule has 0 saturated heterocycles. The lowest BCUT2D eigenvalue weighted by molar-refractivity contribution is -0.0584. The van der Waals surface area contributed by atoms with Crippen LogP contribution in [0, 0.1) is 23.2 Å². The summed E-state index contributed by atoms with van der Waals surface area (Å²) < 4.78 is 0. The van der Waals surface area contributed by atoms with Crippen LogP contribution in [0.15, 0.2) is 0 Å². The monoisotopic (exact) mass is 221 g/mol. The van der Waals surface area contributed by atoms with E-state index in [4.69, 9.17) is 5.73 Å². The molecule has 2 N–H and O–H groups in total. The second-order valence-electron chi connectivity index (χ2n) is 7.29. The van der Waals surface area contributed by atoms with Gasteiger partial charge < -0.3 is 5.73 Å². The summed E-state index contributed by atoms with van der Waals surface area (Å²) in [5.74, 6) is 3.34. The molecular weight excluding hydrogens is 194 g/mol. The van der Waals surface area contributed by atoms with Crippen molar-refractivity contribution in [3.05, 3.63) is 0 Å². The number of hydrogen-bond acceptors (Lipinski definition) is 1. The van der Waals surface area contributed by atoms with Crippen LogP contribution in [-0.2, 0) is 0 Å². The first kappa shape index (κ1) is 11.1. The molecule has 0 aromatic heterocycles. The van der Waals surface area contributed by atoms with Gasteiger partial charge in [-0.1, -0.05) is 6.42 Å². The van der Waals surface area contributed by atoms with Crippen LogP contribution in [-0.4, -0.2) is 6.04 Å². The van der Waals surface area contributed by atoms with Gasteiger partial charge in [0.05, 0.1) is 0 Å². The summed E-state index contributed by atoms with van der Waals surface area (Å²) in [7, 11) is 0. The summed E-state index contributed by atoms with van der Waals surface area (Å²) >= 11 is 0. The van der Waals surface area contributed by atoms with Crippen molar-refractivity contribution >= 4 is 0 Å². The summed E-state index contributed by atoms with van der Waals surface area (Å²) in [6.45, 7) is 2.15. The highest BCUT2D eigenvalue weighted by Gasteiger charge is 2.50. The van der Waals surface area contributed by atoms with Gasteiger partial charge in [-0.2, -0.15) is 0 Å². The molecule has 16 heavy (non-hydrogen) atoms. The highest BCUT2D eigenvalue weighted by Crippen LogP contribution is 2.61. The number of hydrogen-bond donors (Lipinski definition) is 1. The van der Waals surface area contributed by atoms with E-state index in [1.54, 1.807) is 38.5 Å². The Bertz CT molecular complexity index is 221.